The van der Waals surface area contributed by atoms with Crippen LogP contribution in [0.3, 0.4) is 0 Å². The average molecular weight is 313 g/mol. The molecule has 1 aromatic carbocycles. The summed E-state index contributed by atoms with van der Waals surface area (Å²) in [7, 11) is 0. The Bertz CT molecular complexity index is 711. The van der Waals surface area contributed by atoms with Gasteiger partial charge in [-0.3, -0.25) is 4.79 Å². The number of nitrogens with one attached hydrogen (secondary N) is 2. The van der Waals surface area contributed by atoms with Gasteiger partial charge in [0, 0.05) is 28.2 Å². The van der Waals surface area contributed by atoms with Crippen molar-refractivity contribution >= 4 is 22.9 Å². The fraction of sp³-hybridized carbons (Fsp3) is 0.353. The van der Waals surface area contributed by atoms with Crippen LogP contribution < -0.4 is 16.4 Å². The first-order valence-electron chi connectivity index (χ1n) is 7.69. The lowest BCUT2D eigenvalue weighted by Crippen LogP contribution is -2.47. The molecule has 0 spiro atoms. The number of piperidine rings is 1. The van der Waals surface area contributed by atoms with E-state index >= 15 is 0 Å². The van der Waals surface area contributed by atoms with Crippen LogP contribution in [0.4, 0.5) is 5.69 Å². The summed E-state index contributed by atoms with van der Waals surface area (Å²) in [4.78, 5) is 14.2. The summed E-state index contributed by atoms with van der Waals surface area (Å²) in [6.07, 6.45) is 2.30. The molecule has 4 nitrogen and oxygen atoms in total. The van der Waals surface area contributed by atoms with E-state index < -0.39 is 0 Å². The molecule has 1 saturated carbocycles. The lowest BCUT2D eigenvalue weighted by atomic mass is 10.1. The highest BCUT2D eigenvalue weighted by Crippen LogP contribution is 2.33. The maximum absolute atomic E-state index is 12.4. The van der Waals surface area contributed by atoms with Crippen molar-refractivity contribution in [1.29, 1.82) is 0 Å². The monoisotopic (exact) mass is 313 g/mol. The number of rotatable bonds is 3. The van der Waals surface area contributed by atoms with Crippen LogP contribution in [-0.2, 0) is 0 Å². The molecule has 2 aliphatic rings. The third-order valence-electron chi connectivity index (χ3n) is 4.70. The van der Waals surface area contributed by atoms with Crippen LogP contribution in [0.25, 0.3) is 10.4 Å². The number of carbonyl (C=O) groups excluding carboxylic acids is 1. The predicted molar refractivity (Wildman–Crippen MR) is 89.9 cm³/mol. The number of para-hydroxylation sites is 1. The van der Waals surface area contributed by atoms with Crippen molar-refractivity contribution in [3.8, 4) is 10.4 Å². The van der Waals surface area contributed by atoms with Gasteiger partial charge in [0.15, 0.2) is 0 Å². The normalized spacial score (nSPS) is 26.3. The zero-order valence-electron chi connectivity index (χ0n) is 12.2. The number of hydrogen-bond donors (Lipinski definition) is 3. The molecule has 1 aliphatic heterocycles. The Morgan fingerprint density at radius 3 is 2.82 bits per heavy atom. The summed E-state index contributed by atoms with van der Waals surface area (Å²) >= 11 is 1.50. The van der Waals surface area contributed by atoms with Gasteiger partial charge in [-0.2, -0.15) is 0 Å². The SMILES string of the molecule is Nc1ccccc1-c1ccc(C(=O)NC2CC3CNC2C3)s1. The Morgan fingerprint density at radius 2 is 2.09 bits per heavy atom. The smallest absolute Gasteiger partial charge is 0.261 e. The second-order valence-corrected chi connectivity index (χ2v) is 7.27. The number of carbonyl (C=O) groups is 1. The summed E-state index contributed by atoms with van der Waals surface area (Å²) in [6, 6.07) is 12.4. The number of thiophene rings is 1. The average Bonchev–Trinajstić information content (AvgIpc) is 3.24. The number of nitrogen functional groups attached to an aromatic ring is 1. The van der Waals surface area contributed by atoms with Crippen molar-refractivity contribution in [3.63, 3.8) is 0 Å². The van der Waals surface area contributed by atoms with Crippen molar-refractivity contribution < 1.29 is 4.79 Å². The molecule has 22 heavy (non-hydrogen) atoms. The fourth-order valence-electron chi connectivity index (χ4n) is 3.58. The number of hydrogen-bond acceptors (Lipinski definition) is 4. The van der Waals surface area contributed by atoms with Gasteiger partial charge in [0.05, 0.1) is 4.88 Å². The standard InChI is InChI=1S/C17H19N3OS/c18-12-4-2-1-3-11(12)15-5-6-16(22-15)17(21)20-14-8-10-7-13(14)19-9-10/h1-6,10,13-14,19H,7-9,18H2,(H,20,21). The van der Waals surface area contributed by atoms with E-state index in [1.165, 1.54) is 17.8 Å². The maximum Gasteiger partial charge on any atom is 0.261 e. The lowest BCUT2D eigenvalue weighted by molar-refractivity contribution is 0.0932. The van der Waals surface area contributed by atoms with Crippen molar-refractivity contribution in [1.82, 2.24) is 10.6 Å². The number of benzene rings is 1. The number of anilines is 1. The molecule has 2 bridgehead atoms. The summed E-state index contributed by atoms with van der Waals surface area (Å²) in [5.74, 6) is 0.767. The van der Waals surface area contributed by atoms with E-state index in [1.54, 1.807) is 0 Å². The van der Waals surface area contributed by atoms with Crippen molar-refractivity contribution in [3.05, 3.63) is 41.3 Å². The Morgan fingerprint density at radius 1 is 1.23 bits per heavy atom. The first-order valence-corrected chi connectivity index (χ1v) is 8.51. The Labute approximate surface area is 133 Å². The number of amides is 1. The van der Waals surface area contributed by atoms with E-state index in [1.807, 2.05) is 36.4 Å². The second kappa shape index (κ2) is 5.41. The summed E-state index contributed by atoms with van der Waals surface area (Å²) in [5, 5.41) is 6.66. The third kappa shape index (κ3) is 2.40. The van der Waals surface area contributed by atoms with Gasteiger partial charge in [0.25, 0.3) is 5.91 Å². The van der Waals surface area contributed by atoms with Crippen molar-refractivity contribution in [2.75, 3.05) is 12.3 Å². The number of fused-ring (bicyclic) bond motifs is 2. The zero-order valence-corrected chi connectivity index (χ0v) is 13.0. The Balaban J connectivity index is 1.49. The lowest BCUT2D eigenvalue weighted by Gasteiger charge is -2.23. The molecule has 1 aromatic heterocycles. The Kier molecular flexibility index (Phi) is 3.39. The first kappa shape index (κ1) is 13.8. The quantitative estimate of drug-likeness (QED) is 0.763. The molecule has 4 rings (SSSR count). The molecule has 2 aromatic rings. The van der Waals surface area contributed by atoms with E-state index in [-0.39, 0.29) is 11.9 Å². The summed E-state index contributed by atoms with van der Waals surface area (Å²) in [5.41, 5.74) is 7.75. The van der Waals surface area contributed by atoms with E-state index in [0.29, 0.717) is 6.04 Å². The van der Waals surface area contributed by atoms with Gasteiger partial charge >= 0.3 is 0 Å². The van der Waals surface area contributed by atoms with Gasteiger partial charge in [-0.15, -0.1) is 11.3 Å². The van der Waals surface area contributed by atoms with Crippen LogP contribution in [-0.4, -0.2) is 24.5 Å². The molecule has 4 N–H and O–H groups in total. The van der Waals surface area contributed by atoms with Gasteiger partial charge < -0.3 is 16.4 Å². The molecule has 1 amide bonds. The summed E-state index contributed by atoms with van der Waals surface area (Å²) < 4.78 is 0. The molecule has 1 aliphatic carbocycles. The minimum absolute atomic E-state index is 0.0325. The van der Waals surface area contributed by atoms with Crippen LogP contribution in [0.1, 0.15) is 22.5 Å². The van der Waals surface area contributed by atoms with Gasteiger partial charge in [-0.25, -0.2) is 0 Å². The highest BCUT2D eigenvalue weighted by Gasteiger charge is 2.40. The first-order chi connectivity index (χ1) is 10.7. The van der Waals surface area contributed by atoms with Gasteiger partial charge in [-0.1, -0.05) is 18.2 Å². The summed E-state index contributed by atoms with van der Waals surface area (Å²) in [6.45, 7) is 1.10. The van der Waals surface area contributed by atoms with Crippen LogP contribution in [0, 0.1) is 5.92 Å². The zero-order chi connectivity index (χ0) is 15.1. The number of nitrogens with two attached hydrogens (primary N) is 1. The molecule has 114 valence electrons. The van der Waals surface area contributed by atoms with Crippen LogP contribution in [0.5, 0.6) is 0 Å². The molecule has 0 radical (unpaired) electrons. The highest BCUT2D eigenvalue weighted by atomic mass is 32.1. The van der Waals surface area contributed by atoms with Crippen LogP contribution >= 0.6 is 11.3 Å². The van der Waals surface area contributed by atoms with Crippen LogP contribution in [0.15, 0.2) is 36.4 Å². The van der Waals surface area contributed by atoms with Crippen molar-refractivity contribution in [2.24, 2.45) is 5.92 Å². The highest BCUT2D eigenvalue weighted by molar-refractivity contribution is 7.17. The van der Waals surface area contributed by atoms with Crippen LogP contribution in [0.2, 0.25) is 0 Å². The van der Waals surface area contributed by atoms with E-state index in [2.05, 4.69) is 10.6 Å². The molecule has 2 heterocycles. The minimum Gasteiger partial charge on any atom is -0.398 e. The van der Waals surface area contributed by atoms with Gasteiger partial charge in [0.2, 0.25) is 0 Å². The molecular weight excluding hydrogens is 294 g/mol. The molecule has 2 fully saturated rings. The predicted octanol–water partition coefficient (Wildman–Crippen LogP) is 2.48. The van der Waals surface area contributed by atoms with E-state index in [0.717, 1.165) is 39.9 Å². The fourth-order valence-corrected chi connectivity index (χ4v) is 4.53. The molecule has 3 atom stereocenters. The third-order valence-corrected chi connectivity index (χ3v) is 5.82. The topological polar surface area (TPSA) is 67.2 Å². The molecule has 3 unspecified atom stereocenters. The van der Waals surface area contributed by atoms with Gasteiger partial charge in [0.1, 0.15) is 0 Å². The molecule has 1 saturated heterocycles. The minimum atomic E-state index is 0.0325. The Hall–Kier alpha value is -1.85. The van der Waals surface area contributed by atoms with Crippen molar-refractivity contribution in [2.45, 2.75) is 24.9 Å². The molecule has 5 heteroatoms. The largest absolute Gasteiger partial charge is 0.398 e. The second-order valence-electron chi connectivity index (χ2n) is 6.18. The van der Waals surface area contributed by atoms with Gasteiger partial charge in [-0.05, 0) is 43.5 Å². The maximum atomic E-state index is 12.4. The molecular formula is C17H19N3OS. The van der Waals surface area contributed by atoms with E-state index in [4.69, 9.17) is 5.73 Å². The van der Waals surface area contributed by atoms with E-state index in [9.17, 15) is 4.79 Å².